The molecule has 9 nitrogen and oxygen atoms in total. The number of likely N-dealkylation sites (tertiary alicyclic amines) is 1. The number of tetrazole rings is 1. The van der Waals surface area contributed by atoms with E-state index in [2.05, 4.69) is 30.4 Å². The molecule has 1 aliphatic carbocycles. The Labute approximate surface area is 152 Å². The molecule has 3 heterocycles. The zero-order chi connectivity index (χ0) is 17.9. The van der Waals surface area contributed by atoms with E-state index < -0.39 is 0 Å². The van der Waals surface area contributed by atoms with Crippen molar-refractivity contribution in [2.24, 2.45) is 0 Å². The van der Waals surface area contributed by atoms with E-state index in [9.17, 15) is 4.79 Å². The van der Waals surface area contributed by atoms with Gasteiger partial charge in [-0.05, 0) is 37.8 Å². The molecule has 2 aliphatic rings. The molecule has 0 unspecified atom stereocenters. The first kappa shape index (κ1) is 17.1. The minimum absolute atomic E-state index is 0.0664. The maximum absolute atomic E-state index is 12.4. The van der Waals surface area contributed by atoms with Gasteiger partial charge in [0.05, 0.1) is 12.5 Å². The van der Waals surface area contributed by atoms with E-state index in [1.165, 1.54) is 32.1 Å². The molecule has 1 saturated heterocycles. The van der Waals surface area contributed by atoms with E-state index in [-0.39, 0.29) is 18.4 Å². The van der Waals surface area contributed by atoms with Gasteiger partial charge in [0.2, 0.25) is 5.91 Å². The zero-order valence-electron chi connectivity index (χ0n) is 15.2. The van der Waals surface area contributed by atoms with Crippen molar-refractivity contribution in [1.29, 1.82) is 0 Å². The molecule has 0 bridgehead atoms. The lowest BCUT2D eigenvalue weighted by atomic mass is 9.89. The maximum atomic E-state index is 12.4. The van der Waals surface area contributed by atoms with Gasteiger partial charge in [0, 0.05) is 19.0 Å². The second-order valence-electron chi connectivity index (χ2n) is 7.39. The van der Waals surface area contributed by atoms with Crippen LogP contribution in [0.2, 0.25) is 0 Å². The molecular formula is C17H25N7O2. The molecule has 1 aliphatic heterocycles. The molecule has 9 heteroatoms. The lowest BCUT2D eigenvalue weighted by Crippen LogP contribution is -2.40. The van der Waals surface area contributed by atoms with Crippen molar-refractivity contribution in [1.82, 2.24) is 35.4 Å². The van der Waals surface area contributed by atoms with Crippen molar-refractivity contribution in [2.45, 2.75) is 70.3 Å². The Hall–Kier alpha value is -2.32. The molecule has 1 amide bonds. The monoisotopic (exact) mass is 359 g/mol. The van der Waals surface area contributed by atoms with Crippen LogP contribution in [0.5, 0.6) is 0 Å². The van der Waals surface area contributed by atoms with Gasteiger partial charge in [-0.2, -0.15) is 4.80 Å². The zero-order valence-corrected chi connectivity index (χ0v) is 15.2. The molecule has 2 fully saturated rings. The van der Waals surface area contributed by atoms with Crippen LogP contribution in [0.1, 0.15) is 74.1 Å². The number of nitrogens with zero attached hydrogens (tertiary/aromatic N) is 7. The van der Waals surface area contributed by atoms with Gasteiger partial charge >= 0.3 is 0 Å². The minimum atomic E-state index is 0.0664. The van der Waals surface area contributed by atoms with Gasteiger partial charge in [0.1, 0.15) is 11.4 Å². The van der Waals surface area contributed by atoms with Gasteiger partial charge in [0.15, 0.2) is 5.82 Å². The van der Waals surface area contributed by atoms with Gasteiger partial charge in [-0.15, -0.1) is 10.2 Å². The molecule has 0 aromatic carbocycles. The van der Waals surface area contributed by atoms with Crippen molar-refractivity contribution in [3.05, 3.63) is 17.2 Å². The molecule has 2 aromatic rings. The standard InChI is InChI=1S/C17H25N7O2/c1-12-15(21-26-20-12)11-16(25)23-9-7-14(8-10-23)24-19-17(18-22-24)13-5-3-2-4-6-13/h13-14H,2-11H2,1H3. The highest BCUT2D eigenvalue weighted by Gasteiger charge is 2.27. The molecule has 1 saturated carbocycles. The SMILES string of the molecule is Cc1nonc1CC(=O)N1CCC(n2nnc(C3CCCCC3)n2)CC1. The first-order valence-corrected chi connectivity index (χ1v) is 9.56. The molecule has 0 atom stereocenters. The predicted octanol–water partition coefficient (Wildman–Crippen LogP) is 1.82. The van der Waals surface area contributed by atoms with Gasteiger partial charge in [-0.1, -0.05) is 29.6 Å². The average molecular weight is 359 g/mol. The largest absolute Gasteiger partial charge is 0.342 e. The Bertz CT molecular complexity index is 742. The Morgan fingerprint density at radius 3 is 2.58 bits per heavy atom. The van der Waals surface area contributed by atoms with Crippen molar-refractivity contribution in [3.63, 3.8) is 0 Å². The first-order chi connectivity index (χ1) is 12.7. The third kappa shape index (κ3) is 3.61. The van der Waals surface area contributed by atoms with Crippen LogP contribution in [0.15, 0.2) is 4.63 Å². The predicted molar refractivity (Wildman–Crippen MR) is 91.2 cm³/mol. The van der Waals surface area contributed by atoms with E-state index in [1.54, 1.807) is 11.7 Å². The average Bonchev–Trinajstić information content (AvgIpc) is 3.32. The lowest BCUT2D eigenvalue weighted by Gasteiger charge is -2.31. The summed E-state index contributed by atoms with van der Waals surface area (Å²) in [6.45, 7) is 3.20. The van der Waals surface area contributed by atoms with E-state index in [0.29, 0.717) is 30.4 Å². The van der Waals surface area contributed by atoms with Crippen molar-refractivity contribution < 1.29 is 9.42 Å². The molecule has 2 aromatic heterocycles. The number of carbonyl (C=O) groups is 1. The summed E-state index contributed by atoms with van der Waals surface area (Å²) in [6.07, 6.45) is 8.14. The van der Waals surface area contributed by atoms with Crippen molar-refractivity contribution >= 4 is 5.91 Å². The summed E-state index contributed by atoms with van der Waals surface area (Å²) in [4.78, 5) is 16.1. The summed E-state index contributed by atoms with van der Waals surface area (Å²) in [5, 5.41) is 20.8. The van der Waals surface area contributed by atoms with Crippen LogP contribution >= 0.6 is 0 Å². The molecule has 26 heavy (non-hydrogen) atoms. The first-order valence-electron chi connectivity index (χ1n) is 9.56. The van der Waals surface area contributed by atoms with Crippen LogP contribution in [0.4, 0.5) is 0 Å². The summed E-state index contributed by atoms with van der Waals surface area (Å²) in [5.74, 6) is 1.44. The fourth-order valence-electron chi connectivity index (χ4n) is 3.93. The van der Waals surface area contributed by atoms with E-state index >= 15 is 0 Å². The number of aryl methyl sites for hydroxylation is 1. The normalized spacial score (nSPS) is 19.8. The van der Waals surface area contributed by atoms with Crippen molar-refractivity contribution in [2.75, 3.05) is 13.1 Å². The summed E-state index contributed by atoms with van der Waals surface area (Å²) < 4.78 is 4.66. The van der Waals surface area contributed by atoms with Crippen LogP contribution in [-0.2, 0) is 11.2 Å². The number of carbonyl (C=O) groups excluding carboxylic acids is 1. The van der Waals surface area contributed by atoms with E-state index in [0.717, 1.165) is 18.7 Å². The summed E-state index contributed by atoms with van der Waals surface area (Å²) in [7, 11) is 0. The Morgan fingerprint density at radius 1 is 1.12 bits per heavy atom. The van der Waals surface area contributed by atoms with E-state index in [1.807, 2.05) is 4.90 Å². The Morgan fingerprint density at radius 2 is 1.88 bits per heavy atom. The summed E-state index contributed by atoms with van der Waals surface area (Å²) >= 11 is 0. The van der Waals surface area contributed by atoms with Gasteiger partial charge in [0.25, 0.3) is 0 Å². The molecule has 140 valence electrons. The van der Waals surface area contributed by atoms with Crippen molar-refractivity contribution in [3.8, 4) is 0 Å². The third-order valence-corrected chi connectivity index (χ3v) is 5.62. The van der Waals surface area contributed by atoms with Crippen LogP contribution in [-0.4, -0.2) is 54.4 Å². The third-order valence-electron chi connectivity index (χ3n) is 5.62. The Balaban J connectivity index is 1.31. The summed E-state index contributed by atoms with van der Waals surface area (Å²) in [6, 6.07) is 0.222. The number of aromatic nitrogens is 6. The maximum Gasteiger partial charge on any atom is 0.228 e. The fourth-order valence-corrected chi connectivity index (χ4v) is 3.93. The molecular weight excluding hydrogens is 334 g/mol. The van der Waals surface area contributed by atoms with E-state index in [4.69, 9.17) is 0 Å². The van der Waals surface area contributed by atoms with Gasteiger partial charge in [-0.3, -0.25) is 4.79 Å². The van der Waals surface area contributed by atoms with Gasteiger partial charge in [-0.25, -0.2) is 4.63 Å². The number of rotatable bonds is 4. The highest BCUT2D eigenvalue weighted by atomic mass is 16.6. The molecule has 0 radical (unpaired) electrons. The highest BCUT2D eigenvalue weighted by molar-refractivity contribution is 5.78. The smallest absolute Gasteiger partial charge is 0.228 e. The number of hydrogen-bond donors (Lipinski definition) is 0. The lowest BCUT2D eigenvalue weighted by molar-refractivity contribution is -0.131. The number of hydrogen-bond acceptors (Lipinski definition) is 7. The van der Waals surface area contributed by atoms with Gasteiger partial charge < -0.3 is 4.90 Å². The molecule has 4 rings (SSSR count). The van der Waals surface area contributed by atoms with Crippen LogP contribution in [0.25, 0.3) is 0 Å². The number of piperidine rings is 1. The minimum Gasteiger partial charge on any atom is -0.342 e. The van der Waals surface area contributed by atoms with Crippen LogP contribution in [0.3, 0.4) is 0 Å². The quantitative estimate of drug-likeness (QED) is 0.820. The number of amides is 1. The fraction of sp³-hybridized carbons (Fsp3) is 0.765. The molecule has 0 spiro atoms. The summed E-state index contributed by atoms with van der Waals surface area (Å²) in [5.41, 5.74) is 1.29. The highest BCUT2D eigenvalue weighted by Crippen LogP contribution is 2.30. The van der Waals surface area contributed by atoms with Crippen LogP contribution in [0, 0.1) is 6.92 Å². The topological polar surface area (TPSA) is 103 Å². The second-order valence-corrected chi connectivity index (χ2v) is 7.39. The molecule has 0 N–H and O–H groups in total. The van der Waals surface area contributed by atoms with Crippen LogP contribution < -0.4 is 0 Å². The second kappa shape index (κ2) is 7.51. The Kier molecular flexibility index (Phi) is 4.94.